The molecule has 0 amide bonds. The van der Waals surface area contributed by atoms with Gasteiger partial charge in [0, 0.05) is 17.1 Å². The van der Waals surface area contributed by atoms with Crippen molar-refractivity contribution in [1.82, 2.24) is 14.8 Å². The molecule has 0 aliphatic rings. The van der Waals surface area contributed by atoms with Gasteiger partial charge in [0.25, 0.3) is 0 Å². The van der Waals surface area contributed by atoms with Crippen molar-refractivity contribution in [3.63, 3.8) is 0 Å². The number of rotatable bonds is 6. The van der Waals surface area contributed by atoms with Gasteiger partial charge in [-0.3, -0.25) is 0 Å². The minimum atomic E-state index is -1.01. The van der Waals surface area contributed by atoms with E-state index in [1.807, 2.05) is 72.2 Å². The van der Waals surface area contributed by atoms with Crippen LogP contribution in [0.5, 0.6) is 0 Å². The first-order valence-corrected chi connectivity index (χ1v) is 12.0. The number of aliphatic carboxylic acids is 1. The fraction of sp³-hybridized carbons (Fsp3) is 0.0741. The molecule has 1 heterocycles. The molecule has 0 unspecified atom stereocenters. The van der Waals surface area contributed by atoms with Crippen molar-refractivity contribution < 1.29 is 9.90 Å². The molecule has 5 aromatic rings. The Kier molecular flexibility index (Phi) is 6.09. The highest BCUT2D eigenvalue weighted by molar-refractivity contribution is 8.04. The van der Waals surface area contributed by atoms with Gasteiger partial charge in [0.2, 0.25) is 0 Å². The van der Waals surface area contributed by atoms with E-state index in [4.69, 9.17) is 11.6 Å². The van der Waals surface area contributed by atoms with E-state index >= 15 is 0 Å². The van der Waals surface area contributed by atoms with Crippen LogP contribution in [0, 0.1) is 0 Å². The molecule has 0 radical (unpaired) electrons. The van der Waals surface area contributed by atoms with Gasteiger partial charge in [-0.25, -0.2) is 4.79 Å². The van der Waals surface area contributed by atoms with Crippen molar-refractivity contribution in [2.24, 2.45) is 0 Å². The van der Waals surface area contributed by atoms with Crippen LogP contribution in [0.3, 0.4) is 0 Å². The largest absolute Gasteiger partial charge is 0.477 e. The molecule has 0 aliphatic heterocycles. The smallest absolute Gasteiger partial charge is 0.342 e. The Labute approximate surface area is 205 Å². The molecule has 0 aliphatic carbocycles. The number of carboxylic acid groups (broad SMARTS) is 1. The third-order valence-corrected chi connectivity index (χ3v) is 6.88. The van der Waals surface area contributed by atoms with Gasteiger partial charge in [0.1, 0.15) is 4.91 Å². The molecule has 34 heavy (non-hydrogen) atoms. The monoisotopic (exact) mass is 485 g/mol. The van der Waals surface area contributed by atoms with Crippen LogP contribution in [-0.2, 0) is 11.3 Å². The Balaban J connectivity index is 1.63. The Morgan fingerprint density at radius 2 is 1.59 bits per heavy atom. The van der Waals surface area contributed by atoms with Crippen LogP contribution in [0.1, 0.15) is 12.5 Å². The summed E-state index contributed by atoms with van der Waals surface area (Å²) in [6, 6.07) is 25.5. The number of hydrogen-bond acceptors (Lipinski definition) is 4. The van der Waals surface area contributed by atoms with E-state index < -0.39 is 5.97 Å². The topological polar surface area (TPSA) is 68.0 Å². The van der Waals surface area contributed by atoms with E-state index in [0.29, 0.717) is 22.5 Å². The van der Waals surface area contributed by atoms with Crippen molar-refractivity contribution in [1.29, 1.82) is 0 Å². The third kappa shape index (κ3) is 4.18. The van der Waals surface area contributed by atoms with Gasteiger partial charge in [-0.1, -0.05) is 60.1 Å². The van der Waals surface area contributed by atoms with E-state index in [1.165, 1.54) is 0 Å². The van der Waals surface area contributed by atoms with Gasteiger partial charge in [-0.2, -0.15) is 0 Å². The zero-order chi connectivity index (χ0) is 23.7. The first kappa shape index (κ1) is 22.2. The second-order valence-corrected chi connectivity index (χ2v) is 9.15. The van der Waals surface area contributed by atoms with Crippen LogP contribution in [0.2, 0.25) is 5.02 Å². The summed E-state index contributed by atoms with van der Waals surface area (Å²) in [5.41, 5.74) is 1.74. The van der Waals surface area contributed by atoms with Crippen molar-refractivity contribution >= 4 is 57.0 Å². The molecule has 5 nitrogen and oxygen atoms in total. The van der Waals surface area contributed by atoms with Gasteiger partial charge in [-0.05, 0) is 82.2 Å². The Morgan fingerprint density at radius 1 is 0.971 bits per heavy atom. The summed E-state index contributed by atoms with van der Waals surface area (Å²) < 4.78 is 1.91. The second kappa shape index (κ2) is 9.33. The lowest BCUT2D eigenvalue weighted by molar-refractivity contribution is -0.131. The van der Waals surface area contributed by atoms with Gasteiger partial charge >= 0.3 is 5.97 Å². The fourth-order valence-electron chi connectivity index (χ4n) is 4.03. The summed E-state index contributed by atoms with van der Waals surface area (Å²) in [6.07, 6.45) is 1.74. The SMILES string of the molecule is CCn1c(S/C(=C\c2c3ccccc3cc3ccccc23)C(=O)O)nnc1-c1ccc(Cl)cc1. The van der Waals surface area contributed by atoms with E-state index in [0.717, 1.165) is 44.4 Å². The van der Waals surface area contributed by atoms with E-state index in [2.05, 4.69) is 16.3 Å². The molecule has 0 saturated carbocycles. The Bertz CT molecular complexity index is 1500. The number of thioether (sulfide) groups is 1. The predicted molar refractivity (Wildman–Crippen MR) is 139 cm³/mol. The minimum Gasteiger partial charge on any atom is -0.477 e. The number of halogens is 1. The zero-order valence-electron chi connectivity index (χ0n) is 18.3. The lowest BCUT2D eigenvalue weighted by Crippen LogP contribution is -2.03. The maximum absolute atomic E-state index is 12.3. The summed E-state index contributed by atoms with van der Waals surface area (Å²) in [5, 5.41) is 24.0. The lowest BCUT2D eigenvalue weighted by atomic mass is 9.96. The average Bonchev–Trinajstić information content (AvgIpc) is 3.26. The van der Waals surface area contributed by atoms with Crippen LogP contribution in [-0.4, -0.2) is 25.8 Å². The number of nitrogens with zero attached hydrogens (tertiary/aromatic N) is 3. The minimum absolute atomic E-state index is 0.172. The molecule has 4 aromatic carbocycles. The van der Waals surface area contributed by atoms with E-state index in [1.54, 1.807) is 18.2 Å². The third-order valence-electron chi connectivity index (χ3n) is 5.64. The summed E-state index contributed by atoms with van der Waals surface area (Å²) in [4.78, 5) is 12.5. The number of carbonyl (C=O) groups is 1. The summed E-state index contributed by atoms with van der Waals surface area (Å²) in [5.74, 6) is -0.345. The molecule has 1 N–H and O–H groups in total. The normalized spacial score (nSPS) is 11.9. The lowest BCUT2D eigenvalue weighted by Gasteiger charge is -2.11. The standard InChI is InChI=1S/C27H20ClN3O2S/c1-2-31-25(17-11-13-20(28)14-12-17)29-30-27(31)34-24(26(32)33)16-23-21-9-5-3-7-18(21)15-19-8-4-6-10-22(19)23/h3-16H,2H2,1H3,(H,32,33)/b24-16-. The highest BCUT2D eigenvalue weighted by atomic mass is 35.5. The molecule has 0 spiro atoms. The Hall–Kier alpha value is -3.61. The molecular formula is C27H20ClN3O2S. The number of benzene rings is 4. The molecule has 0 fully saturated rings. The molecule has 0 saturated heterocycles. The molecule has 1 aromatic heterocycles. The first-order valence-electron chi connectivity index (χ1n) is 10.8. The van der Waals surface area contributed by atoms with Gasteiger partial charge in [0.05, 0.1) is 0 Å². The van der Waals surface area contributed by atoms with Crippen LogP contribution in [0.25, 0.3) is 39.0 Å². The highest BCUT2D eigenvalue weighted by Crippen LogP contribution is 2.35. The van der Waals surface area contributed by atoms with Crippen LogP contribution >= 0.6 is 23.4 Å². The Morgan fingerprint density at radius 3 is 2.18 bits per heavy atom. The highest BCUT2D eigenvalue weighted by Gasteiger charge is 2.19. The van der Waals surface area contributed by atoms with E-state index in [9.17, 15) is 9.90 Å². The van der Waals surface area contributed by atoms with Gasteiger partial charge in [-0.15, -0.1) is 10.2 Å². The summed E-state index contributed by atoms with van der Waals surface area (Å²) >= 11 is 7.13. The first-order chi connectivity index (χ1) is 16.5. The zero-order valence-corrected chi connectivity index (χ0v) is 19.8. The quantitative estimate of drug-likeness (QED) is 0.157. The van der Waals surface area contributed by atoms with Crippen LogP contribution in [0.15, 0.2) is 88.9 Å². The summed E-state index contributed by atoms with van der Waals surface area (Å²) in [6.45, 7) is 2.58. The number of hydrogen-bond donors (Lipinski definition) is 1. The fourth-order valence-corrected chi connectivity index (χ4v) is 5.02. The van der Waals surface area contributed by atoms with Crippen molar-refractivity contribution in [2.75, 3.05) is 0 Å². The van der Waals surface area contributed by atoms with Crippen molar-refractivity contribution in [3.05, 3.63) is 94.4 Å². The van der Waals surface area contributed by atoms with Crippen LogP contribution in [0.4, 0.5) is 0 Å². The molecule has 0 bridgehead atoms. The molecule has 5 rings (SSSR count). The maximum Gasteiger partial charge on any atom is 0.342 e. The van der Waals surface area contributed by atoms with Crippen molar-refractivity contribution in [3.8, 4) is 11.4 Å². The number of fused-ring (bicyclic) bond motifs is 2. The van der Waals surface area contributed by atoms with E-state index in [-0.39, 0.29) is 4.91 Å². The number of aromatic nitrogens is 3. The molecule has 168 valence electrons. The number of carboxylic acids is 1. The molecule has 0 atom stereocenters. The predicted octanol–water partition coefficient (Wildman–Crippen LogP) is 7.14. The second-order valence-electron chi connectivity index (χ2n) is 7.71. The maximum atomic E-state index is 12.3. The molecule has 7 heteroatoms. The average molecular weight is 486 g/mol. The van der Waals surface area contributed by atoms with Gasteiger partial charge < -0.3 is 9.67 Å². The summed E-state index contributed by atoms with van der Waals surface area (Å²) in [7, 11) is 0. The van der Waals surface area contributed by atoms with Crippen molar-refractivity contribution in [2.45, 2.75) is 18.6 Å². The van der Waals surface area contributed by atoms with Crippen LogP contribution < -0.4 is 0 Å². The van der Waals surface area contributed by atoms with Gasteiger partial charge in [0.15, 0.2) is 11.0 Å². The molecular weight excluding hydrogens is 466 g/mol.